The number of aliphatic hydroxyl groups excluding tert-OH is 1. The second kappa shape index (κ2) is 3.92. The van der Waals surface area contributed by atoms with Crippen molar-refractivity contribution in [3.8, 4) is 0 Å². The third-order valence-electron chi connectivity index (χ3n) is 5.36. The third-order valence-corrected chi connectivity index (χ3v) is 5.36. The maximum absolute atomic E-state index is 11.1. The van der Waals surface area contributed by atoms with Gasteiger partial charge in [-0.05, 0) is 36.3 Å². The normalized spacial score (nSPS) is 53.5. The molecule has 0 amide bonds. The van der Waals surface area contributed by atoms with Crippen molar-refractivity contribution < 1.29 is 20.1 Å². The lowest BCUT2D eigenvalue weighted by molar-refractivity contribution is -0.294. The van der Waals surface area contributed by atoms with E-state index in [1.54, 1.807) is 0 Å². The molecule has 106 valence electrons. The van der Waals surface area contributed by atoms with Crippen LogP contribution in [0.4, 0.5) is 0 Å². The molecule has 3 rings (SSSR count). The van der Waals surface area contributed by atoms with Crippen molar-refractivity contribution in [2.45, 2.75) is 44.2 Å². The van der Waals surface area contributed by atoms with E-state index in [-0.39, 0.29) is 24.4 Å². The maximum atomic E-state index is 11.1. The predicted octanol–water partition coefficient (Wildman–Crippen LogP) is 0.976. The zero-order valence-corrected chi connectivity index (χ0v) is 11.5. The minimum atomic E-state index is -1.54. The molecule has 0 bridgehead atoms. The number of aliphatic hydroxyl groups is 3. The first-order valence-electron chi connectivity index (χ1n) is 6.93. The fourth-order valence-corrected chi connectivity index (χ4v) is 4.13. The van der Waals surface area contributed by atoms with Crippen molar-refractivity contribution in [3.05, 3.63) is 23.8 Å². The Balaban J connectivity index is 2.11. The van der Waals surface area contributed by atoms with Crippen molar-refractivity contribution >= 4 is 0 Å². The largest absolute Gasteiger partial charge is 0.389 e. The Morgan fingerprint density at radius 3 is 2.79 bits per heavy atom. The Labute approximate surface area is 113 Å². The van der Waals surface area contributed by atoms with Gasteiger partial charge in [0.25, 0.3) is 0 Å². The van der Waals surface area contributed by atoms with Crippen LogP contribution < -0.4 is 0 Å². The van der Waals surface area contributed by atoms with Crippen molar-refractivity contribution in [1.82, 2.24) is 0 Å². The molecule has 0 unspecified atom stereocenters. The van der Waals surface area contributed by atoms with Crippen LogP contribution in [-0.2, 0) is 4.74 Å². The molecule has 2 aliphatic carbocycles. The monoisotopic (exact) mass is 266 g/mol. The molecular formula is C15H22O4. The number of hydrogen-bond donors (Lipinski definition) is 3. The summed E-state index contributed by atoms with van der Waals surface area (Å²) in [5, 5.41) is 31.8. The van der Waals surface area contributed by atoms with E-state index in [9.17, 15) is 15.3 Å². The van der Waals surface area contributed by atoms with Crippen LogP contribution in [-0.4, -0.2) is 39.4 Å². The zero-order valence-electron chi connectivity index (χ0n) is 11.5. The average molecular weight is 266 g/mol. The summed E-state index contributed by atoms with van der Waals surface area (Å²) in [5.74, 6) is -1.45. The zero-order chi connectivity index (χ0) is 14.0. The van der Waals surface area contributed by atoms with Gasteiger partial charge in [-0.2, -0.15) is 0 Å². The highest BCUT2D eigenvalue weighted by molar-refractivity contribution is 5.33. The van der Waals surface area contributed by atoms with Crippen molar-refractivity contribution in [3.63, 3.8) is 0 Å². The molecule has 0 aromatic carbocycles. The van der Waals surface area contributed by atoms with E-state index in [1.807, 2.05) is 19.9 Å². The lowest BCUT2D eigenvalue weighted by Gasteiger charge is -2.53. The van der Waals surface area contributed by atoms with Gasteiger partial charge in [0, 0.05) is 12.3 Å². The summed E-state index contributed by atoms with van der Waals surface area (Å²) in [6.45, 7) is 7.99. The Bertz CT molecular complexity index is 457. The third kappa shape index (κ3) is 1.54. The molecule has 3 aliphatic rings. The van der Waals surface area contributed by atoms with Crippen LogP contribution in [0.15, 0.2) is 23.8 Å². The molecular weight excluding hydrogens is 244 g/mol. The van der Waals surface area contributed by atoms with Crippen LogP contribution in [0.2, 0.25) is 0 Å². The van der Waals surface area contributed by atoms with Gasteiger partial charge in [-0.15, -0.1) is 0 Å². The average Bonchev–Trinajstić information content (AvgIpc) is 2.57. The maximum Gasteiger partial charge on any atom is 0.200 e. The molecule has 1 aliphatic heterocycles. The Morgan fingerprint density at radius 2 is 2.11 bits per heavy atom. The second-order valence-corrected chi connectivity index (χ2v) is 6.48. The highest BCUT2D eigenvalue weighted by Gasteiger charge is 2.66. The molecule has 0 aromatic heterocycles. The van der Waals surface area contributed by atoms with Gasteiger partial charge < -0.3 is 20.1 Å². The van der Waals surface area contributed by atoms with Gasteiger partial charge in [0.2, 0.25) is 0 Å². The lowest BCUT2D eigenvalue weighted by atomic mass is 9.57. The van der Waals surface area contributed by atoms with Gasteiger partial charge in [-0.1, -0.05) is 19.6 Å². The number of ether oxygens (including phenoxy) is 1. The summed E-state index contributed by atoms with van der Waals surface area (Å²) in [4.78, 5) is 0. The topological polar surface area (TPSA) is 69.9 Å². The number of fused-ring (bicyclic) bond motifs is 3. The van der Waals surface area contributed by atoms with Gasteiger partial charge in [-0.3, -0.25) is 0 Å². The van der Waals surface area contributed by atoms with Crippen LogP contribution in [0.25, 0.3) is 0 Å². The first-order valence-corrected chi connectivity index (χ1v) is 6.93. The Morgan fingerprint density at radius 1 is 1.42 bits per heavy atom. The molecule has 0 aromatic rings. The summed E-state index contributed by atoms with van der Waals surface area (Å²) in [5.41, 5.74) is -0.0332. The molecule has 6 atom stereocenters. The molecule has 1 heterocycles. The molecule has 1 saturated carbocycles. The molecule has 4 heteroatoms. The summed E-state index contributed by atoms with van der Waals surface area (Å²) in [7, 11) is 0. The molecule has 2 fully saturated rings. The van der Waals surface area contributed by atoms with Crippen LogP contribution in [0.3, 0.4) is 0 Å². The van der Waals surface area contributed by atoms with Gasteiger partial charge in [0.1, 0.15) is 5.60 Å². The highest BCUT2D eigenvalue weighted by Crippen LogP contribution is 2.57. The van der Waals surface area contributed by atoms with E-state index < -0.39 is 17.5 Å². The van der Waals surface area contributed by atoms with Crippen LogP contribution in [0.5, 0.6) is 0 Å². The molecule has 0 radical (unpaired) electrons. The van der Waals surface area contributed by atoms with E-state index in [1.165, 1.54) is 0 Å². The summed E-state index contributed by atoms with van der Waals surface area (Å²) >= 11 is 0. The molecule has 1 saturated heterocycles. The SMILES string of the molecule is C=C1CO[C@]2(O)C[C@H](C)[C@H]3C[C@@H](O)C(C)=C[C@@H]3[C@]12O. The standard InChI is InChI=1S/C15H22O4/c1-8-4-12-11(5-13(8)16)9(2)6-14(17)15(12,18)10(3)7-19-14/h4,9,11-13,16-18H,3,5-7H2,1-2H3/t9-,11+,12-,13+,14+,15+/m0/s1. The van der Waals surface area contributed by atoms with E-state index in [2.05, 4.69) is 6.58 Å². The summed E-state index contributed by atoms with van der Waals surface area (Å²) < 4.78 is 5.46. The Hall–Kier alpha value is -0.680. The van der Waals surface area contributed by atoms with Crippen molar-refractivity contribution in [1.29, 1.82) is 0 Å². The summed E-state index contributed by atoms with van der Waals surface area (Å²) in [6, 6.07) is 0. The van der Waals surface area contributed by atoms with E-state index in [4.69, 9.17) is 4.74 Å². The second-order valence-electron chi connectivity index (χ2n) is 6.48. The highest BCUT2D eigenvalue weighted by atomic mass is 16.6. The van der Waals surface area contributed by atoms with Crippen LogP contribution >= 0.6 is 0 Å². The van der Waals surface area contributed by atoms with Gasteiger partial charge >= 0.3 is 0 Å². The Kier molecular flexibility index (Phi) is 2.74. The molecule has 3 N–H and O–H groups in total. The van der Waals surface area contributed by atoms with Gasteiger partial charge in [0.05, 0.1) is 12.7 Å². The fraction of sp³-hybridized carbons (Fsp3) is 0.733. The van der Waals surface area contributed by atoms with Crippen LogP contribution in [0, 0.1) is 17.8 Å². The number of hydrogen-bond acceptors (Lipinski definition) is 4. The van der Waals surface area contributed by atoms with Crippen LogP contribution in [0.1, 0.15) is 26.7 Å². The fourth-order valence-electron chi connectivity index (χ4n) is 4.13. The van der Waals surface area contributed by atoms with Gasteiger partial charge in [0.15, 0.2) is 5.79 Å². The first-order chi connectivity index (χ1) is 8.79. The quantitative estimate of drug-likeness (QED) is 0.572. The van der Waals surface area contributed by atoms with E-state index in [0.717, 1.165) is 5.57 Å². The minimum Gasteiger partial charge on any atom is -0.389 e. The van der Waals surface area contributed by atoms with Gasteiger partial charge in [-0.25, -0.2) is 0 Å². The minimum absolute atomic E-state index is 0.141. The molecule has 19 heavy (non-hydrogen) atoms. The smallest absolute Gasteiger partial charge is 0.200 e. The first kappa shape index (κ1) is 13.3. The lowest BCUT2D eigenvalue weighted by Crippen LogP contribution is -2.64. The predicted molar refractivity (Wildman–Crippen MR) is 70.1 cm³/mol. The molecule has 4 nitrogen and oxygen atoms in total. The van der Waals surface area contributed by atoms with E-state index >= 15 is 0 Å². The van der Waals surface area contributed by atoms with E-state index in [0.29, 0.717) is 18.4 Å². The number of rotatable bonds is 0. The van der Waals surface area contributed by atoms with Crippen molar-refractivity contribution in [2.24, 2.45) is 17.8 Å². The molecule has 0 spiro atoms. The van der Waals surface area contributed by atoms with Crippen molar-refractivity contribution in [2.75, 3.05) is 6.61 Å². The summed E-state index contributed by atoms with van der Waals surface area (Å²) in [6.07, 6.45) is 2.46.